The Balaban J connectivity index is 1.94. The molecule has 1 saturated carbocycles. The molecule has 0 aromatic carbocycles. The predicted molar refractivity (Wildman–Crippen MR) is 61.9 cm³/mol. The summed E-state index contributed by atoms with van der Waals surface area (Å²) in [5.41, 5.74) is 5.58. The number of morpholine rings is 1. The second-order valence-electron chi connectivity index (χ2n) is 5.01. The van der Waals surface area contributed by atoms with Gasteiger partial charge in [0.1, 0.15) is 0 Å². The van der Waals surface area contributed by atoms with Gasteiger partial charge in [0.25, 0.3) is 0 Å². The maximum atomic E-state index is 12.4. The Labute approximate surface area is 97.1 Å². The fraction of sp³-hybridized carbons (Fsp3) is 0.917. The summed E-state index contributed by atoms with van der Waals surface area (Å²) < 4.78 is 5.48. The molecule has 1 amide bonds. The minimum Gasteiger partial charge on any atom is -0.373 e. The fourth-order valence-electron chi connectivity index (χ4n) is 2.58. The van der Waals surface area contributed by atoms with E-state index < -0.39 is 0 Å². The normalized spacial score (nSPS) is 27.9. The van der Waals surface area contributed by atoms with Crippen LogP contribution in [-0.2, 0) is 9.53 Å². The van der Waals surface area contributed by atoms with Gasteiger partial charge in [-0.1, -0.05) is 13.3 Å². The highest BCUT2D eigenvalue weighted by Crippen LogP contribution is 2.51. The minimum absolute atomic E-state index is 0.00869. The second kappa shape index (κ2) is 4.72. The lowest BCUT2D eigenvalue weighted by molar-refractivity contribution is -0.144. The zero-order valence-electron chi connectivity index (χ0n) is 10.1. The average molecular weight is 226 g/mol. The molecule has 2 aliphatic rings. The van der Waals surface area contributed by atoms with Crippen molar-refractivity contribution < 1.29 is 9.53 Å². The van der Waals surface area contributed by atoms with E-state index in [1.54, 1.807) is 0 Å². The van der Waals surface area contributed by atoms with Crippen LogP contribution in [-0.4, -0.2) is 43.2 Å². The lowest BCUT2D eigenvalue weighted by atomic mass is 9.98. The first-order chi connectivity index (χ1) is 7.72. The number of nitrogens with zero attached hydrogens (tertiary/aromatic N) is 1. The second-order valence-corrected chi connectivity index (χ2v) is 5.01. The van der Waals surface area contributed by atoms with E-state index in [4.69, 9.17) is 10.5 Å². The van der Waals surface area contributed by atoms with E-state index in [1.807, 2.05) is 4.90 Å². The van der Waals surface area contributed by atoms with Crippen LogP contribution in [0.25, 0.3) is 0 Å². The van der Waals surface area contributed by atoms with E-state index in [2.05, 4.69) is 6.92 Å². The molecule has 2 N–H and O–H groups in total. The van der Waals surface area contributed by atoms with Gasteiger partial charge in [-0.25, -0.2) is 0 Å². The van der Waals surface area contributed by atoms with Gasteiger partial charge >= 0.3 is 0 Å². The summed E-state index contributed by atoms with van der Waals surface area (Å²) in [4.78, 5) is 14.3. The summed E-state index contributed by atoms with van der Waals surface area (Å²) in [5, 5.41) is 0. The molecule has 16 heavy (non-hydrogen) atoms. The number of nitrogens with two attached hydrogens (primary N) is 1. The van der Waals surface area contributed by atoms with Crippen LogP contribution in [0.4, 0.5) is 0 Å². The van der Waals surface area contributed by atoms with Gasteiger partial charge in [0.05, 0.1) is 12.7 Å². The maximum Gasteiger partial charge on any atom is 0.228 e. The smallest absolute Gasteiger partial charge is 0.228 e. The molecule has 1 atom stereocenters. The number of hydrogen-bond acceptors (Lipinski definition) is 3. The fourth-order valence-corrected chi connectivity index (χ4v) is 2.58. The topological polar surface area (TPSA) is 55.6 Å². The monoisotopic (exact) mass is 226 g/mol. The van der Waals surface area contributed by atoms with Crippen LogP contribution in [0.3, 0.4) is 0 Å². The molecular weight excluding hydrogens is 204 g/mol. The molecule has 0 aromatic heterocycles. The largest absolute Gasteiger partial charge is 0.373 e. The van der Waals surface area contributed by atoms with Crippen molar-refractivity contribution in [2.75, 3.05) is 26.2 Å². The zero-order valence-corrected chi connectivity index (χ0v) is 10.1. The number of ether oxygens (including phenoxy) is 1. The number of rotatable bonds is 4. The number of amides is 1. The first-order valence-corrected chi connectivity index (χ1v) is 6.33. The van der Waals surface area contributed by atoms with E-state index in [0.29, 0.717) is 25.6 Å². The van der Waals surface area contributed by atoms with Crippen LogP contribution in [0, 0.1) is 5.41 Å². The van der Waals surface area contributed by atoms with Crippen molar-refractivity contribution in [3.63, 3.8) is 0 Å². The zero-order chi connectivity index (χ0) is 11.6. The molecule has 0 aromatic rings. The lowest BCUT2D eigenvalue weighted by Gasteiger charge is -2.34. The van der Waals surface area contributed by atoms with Crippen molar-refractivity contribution in [3.8, 4) is 0 Å². The number of carbonyl (C=O) groups excluding carboxylic acids is 1. The molecule has 4 nitrogen and oxygen atoms in total. The Morgan fingerprint density at radius 2 is 2.31 bits per heavy atom. The number of carbonyl (C=O) groups is 1. The summed E-state index contributed by atoms with van der Waals surface area (Å²) in [6, 6.07) is 0. The quantitative estimate of drug-likeness (QED) is 0.769. The van der Waals surface area contributed by atoms with E-state index in [9.17, 15) is 4.79 Å². The first kappa shape index (κ1) is 11.9. The summed E-state index contributed by atoms with van der Waals surface area (Å²) >= 11 is 0. The molecule has 1 unspecified atom stereocenters. The Morgan fingerprint density at radius 1 is 1.56 bits per heavy atom. The van der Waals surface area contributed by atoms with Crippen molar-refractivity contribution in [3.05, 3.63) is 0 Å². The van der Waals surface area contributed by atoms with E-state index >= 15 is 0 Å². The first-order valence-electron chi connectivity index (χ1n) is 6.33. The van der Waals surface area contributed by atoms with Crippen molar-refractivity contribution in [2.45, 2.75) is 38.7 Å². The summed E-state index contributed by atoms with van der Waals surface area (Å²) in [6.45, 7) is 4.71. The molecule has 2 rings (SSSR count). The predicted octanol–water partition coefficient (Wildman–Crippen LogP) is 0.753. The lowest BCUT2D eigenvalue weighted by Crippen LogP contribution is -2.50. The van der Waals surface area contributed by atoms with Crippen molar-refractivity contribution in [2.24, 2.45) is 11.1 Å². The van der Waals surface area contributed by atoms with Gasteiger partial charge in [-0.05, 0) is 19.3 Å². The highest BCUT2D eigenvalue weighted by atomic mass is 16.5. The molecule has 92 valence electrons. The molecule has 4 heteroatoms. The van der Waals surface area contributed by atoms with Gasteiger partial charge in [-0.2, -0.15) is 0 Å². The van der Waals surface area contributed by atoms with Crippen LogP contribution >= 0.6 is 0 Å². The highest BCUT2D eigenvalue weighted by molar-refractivity contribution is 5.85. The van der Waals surface area contributed by atoms with Gasteiger partial charge in [0, 0.05) is 25.0 Å². The van der Waals surface area contributed by atoms with Crippen molar-refractivity contribution in [1.82, 2.24) is 4.90 Å². The van der Waals surface area contributed by atoms with E-state index in [1.165, 1.54) is 0 Å². The van der Waals surface area contributed by atoms with Crippen LogP contribution in [0.5, 0.6) is 0 Å². The molecule has 0 spiro atoms. The third-order valence-corrected chi connectivity index (χ3v) is 3.72. The van der Waals surface area contributed by atoms with Crippen LogP contribution in [0.15, 0.2) is 0 Å². The average Bonchev–Trinajstić information content (AvgIpc) is 3.10. The molecule has 1 heterocycles. The summed E-state index contributed by atoms with van der Waals surface area (Å²) in [6.07, 6.45) is 4.32. The molecule has 0 bridgehead atoms. The Hall–Kier alpha value is -0.610. The van der Waals surface area contributed by atoms with Crippen LogP contribution in [0.2, 0.25) is 0 Å². The standard InChI is InChI=1S/C12H22N2O2/c1-2-3-12(4-5-12)11(15)14-6-7-16-10(8-13)9-14/h10H,2-9,13H2,1H3. The molecule has 0 radical (unpaired) electrons. The Morgan fingerprint density at radius 3 is 2.88 bits per heavy atom. The van der Waals surface area contributed by atoms with Crippen LogP contribution in [0.1, 0.15) is 32.6 Å². The summed E-state index contributed by atoms with van der Waals surface area (Å²) in [7, 11) is 0. The van der Waals surface area contributed by atoms with Crippen molar-refractivity contribution in [1.29, 1.82) is 0 Å². The third kappa shape index (κ3) is 2.23. The molecule has 1 aliphatic carbocycles. The van der Waals surface area contributed by atoms with Gasteiger partial charge < -0.3 is 15.4 Å². The van der Waals surface area contributed by atoms with Gasteiger partial charge in [-0.3, -0.25) is 4.79 Å². The van der Waals surface area contributed by atoms with Gasteiger partial charge in [0.15, 0.2) is 0 Å². The number of hydrogen-bond donors (Lipinski definition) is 1. The molecule has 2 fully saturated rings. The molecule has 1 saturated heterocycles. The Kier molecular flexibility index (Phi) is 3.50. The van der Waals surface area contributed by atoms with Gasteiger partial charge in [-0.15, -0.1) is 0 Å². The molecular formula is C12H22N2O2. The summed E-state index contributed by atoms with van der Waals surface area (Å²) in [5.74, 6) is 0.344. The highest BCUT2D eigenvalue weighted by Gasteiger charge is 2.50. The van der Waals surface area contributed by atoms with E-state index in [0.717, 1.165) is 32.2 Å². The minimum atomic E-state index is -0.00869. The SMILES string of the molecule is CCCC1(C(=O)N2CCOC(CN)C2)CC1. The Bertz CT molecular complexity index is 264. The molecule has 1 aliphatic heterocycles. The van der Waals surface area contributed by atoms with E-state index in [-0.39, 0.29) is 11.5 Å². The van der Waals surface area contributed by atoms with Gasteiger partial charge in [0.2, 0.25) is 5.91 Å². The van der Waals surface area contributed by atoms with Crippen molar-refractivity contribution >= 4 is 5.91 Å². The van der Waals surface area contributed by atoms with Crippen LogP contribution < -0.4 is 5.73 Å². The third-order valence-electron chi connectivity index (χ3n) is 3.72. The maximum absolute atomic E-state index is 12.4.